The Morgan fingerprint density at radius 1 is 1.27 bits per heavy atom. The average molecular weight is 427 g/mol. The van der Waals surface area contributed by atoms with Crippen LogP contribution in [0.1, 0.15) is 24.2 Å². The van der Waals surface area contributed by atoms with E-state index in [1.165, 1.54) is 16.4 Å². The minimum atomic E-state index is -0.208. The van der Waals surface area contributed by atoms with Gasteiger partial charge in [0.25, 0.3) is 5.95 Å². The molecule has 1 fully saturated rings. The van der Waals surface area contributed by atoms with E-state index >= 15 is 0 Å². The summed E-state index contributed by atoms with van der Waals surface area (Å²) >= 11 is 1.18. The maximum Gasteiger partial charge on any atom is 0.271 e. The van der Waals surface area contributed by atoms with E-state index < -0.39 is 0 Å². The summed E-state index contributed by atoms with van der Waals surface area (Å²) in [6.07, 6.45) is 1.41. The molecular formula is C19H22N8O2S. The first-order valence-corrected chi connectivity index (χ1v) is 10.5. The molecule has 0 atom stereocenters. The smallest absolute Gasteiger partial charge is 0.271 e. The molecule has 30 heavy (non-hydrogen) atoms. The first-order valence-electron chi connectivity index (χ1n) is 9.49. The van der Waals surface area contributed by atoms with E-state index in [0.29, 0.717) is 29.8 Å². The second-order valence-corrected chi connectivity index (χ2v) is 7.97. The summed E-state index contributed by atoms with van der Waals surface area (Å²) in [6.45, 7) is 4.49. The van der Waals surface area contributed by atoms with Crippen LogP contribution in [-0.4, -0.2) is 48.8 Å². The van der Waals surface area contributed by atoms with Crippen LogP contribution < -0.4 is 16.1 Å². The Kier molecular flexibility index (Phi) is 5.44. The van der Waals surface area contributed by atoms with Crippen LogP contribution in [0.2, 0.25) is 0 Å². The minimum absolute atomic E-state index is 0.106. The van der Waals surface area contributed by atoms with Crippen molar-refractivity contribution in [3.05, 3.63) is 41.7 Å². The third-order valence-corrected chi connectivity index (χ3v) is 5.64. The molecule has 0 bridgehead atoms. The predicted octanol–water partition coefficient (Wildman–Crippen LogP) is 1.65. The minimum Gasteiger partial charge on any atom is -0.334 e. The van der Waals surface area contributed by atoms with Crippen molar-refractivity contribution in [2.24, 2.45) is 0 Å². The number of nitrogens with one attached hydrogen (secondary N) is 1. The molecule has 1 saturated heterocycles. The Bertz CT molecular complexity index is 1110. The number of rotatable bonds is 6. The molecule has 0 spiro atoms. The van der Waals surface area contributed by atoms with Gasteiger partial charge in [-0.2, -0.15) is 5.10 Å². The molecule has 3 aromatic rings. The van der Waals surface area contributed by atoms with Crippen molar-refractivity contribution in [2.75, 3.05) is 28.4 Å². The lowest BCUT2D eigenvalue weighted by Crippen LogP contribution is -2.24. The summed E-state index contributed by atoms with van der Waals surface area (Å²) in [5, 5.41) is 15.7. The zero-order valence-electron chi connectivity index (χ0n) is 16.7. The molecule has 4 rings (SSSR count). The number of anilines is 2. The largest absolute Gasteiger partial charge is 0.334 e. The molecule has 11 heteroatoms. The normalized spacial score (nSPS) is 13.8. The number of nitrogen functional groups attached to an aromatic ring is 1. The highest BCUT2D eigenvalue weighted by Crippen LogP contribution is 2.24. The van der Waals surface area contributed by atoms with Gasteiger partial charge in [0.05, 0.1) is 11.4 Å². The third kappa shape index (κ3) is 4.01. The van der Waals surface area contributed by atoms with Crippen molar-refractivity contribution in [1.29, 1.82) is 0 Å². The van der Waals surface area contributed by atoms with Crippen molar-refractivity contribution in [1.82, 2.24) is 24.7 Å². The molecule has 0 aliphatic carbocycles. The lowest BCUT2D eigenvalue weighted by Gasteiger charge is -2.16. The Morgan fingerprint density at radius 2 is 2.10 bits per heavy atom. The number of aryl methyl sites for hydroxylation is 2. The highest BCUT2D eigenvalue weighted by atomic mass is 32.2. The molecule has 1 aliphatic rings. The van der Waals surface area contributed by atoms with E-state index in [4.69, 9.17) is 5.84 Å². The standard InChI is InChI=1S/C19H22N8O2S/c1-12-9-13(2)27(24-12)18-22-23-19(26(18)20)30-11-16(28)21-14-5-3-6-15(10-14)25-8-4-7-17(25)29/h3,5-6,9-10H,4,7-8,11,20H2,1-2H3,(H,21,28). The molecule has 3 heterocycles. The van der Waals surface area contributed by atoms with Crippen LogP contribution in [0.3, 0.4) is 0 Å². The molecule has 2 aromatic heterocycles. The molecular weight excluding hydrogens is 404 g/mol. The number of amides is 2. The number of carbonyl (C=O) groups excluding carboxylic acids is 2. The van der Waals surface area contributed by atoms with Gasteiger partial charge in [0.2, 0.25) is 17.0 Å². The van der Waals surface area contributed by atoms with Gasteiger partial charge < -0.3 is 16.1 Å². The maximum absolute atomic E-state index is 12.4. The summed E-state index contributed by atoms with van der Waals surface area (Å²) in [7, 11) is 0. The number of thioether (sulfide) groups is 1. The van der Waals surface area contributed by atoms with Crippen LogP contribution in [0.15, 0.2) is 35.5 Å². The fraction of sp³-hybridized carbons (Fsp3) is 0.316. The second kappa shape index (κ2) is 8.19. The molecule has 1 aliphatic heterocycles. The van der Waals surface area contributed by atoms with E-state index in [0.717, 1.165) is 23.5 Å². The number of aromatic nitrogens is 5. The number of carbonyl (C=O) groups is 2. The SMILES string of the molecule is Cc1cc(C)n(-c2nnc(SCC(=O)Nc3cccc(N4CCCC4=O)c3)n2N)n1. The number of benzene rings is 1. The number of hydrogen-bond acceptors (Lipinski definition) is 7. The molecule has 3 N–H and O–H groups in total. The highest BCUT2D eigenvalue weighted by Gasteiger charge is 2.22. The van der Waals surface area contributed by atoms with Crippen molar-refractivity contribution in [2.45, 2.75) is 31.8 Å². The third-order valence-electron chi connectivity index (χ3n) is 4.69. The second-order valence-electron chi connectivity index (χ2n) is 7.03. The number of nitrogens with zero attached hydrogens (tertiary/aromatic N) is 6. The van der Waals surface area contributed by atoms with Gasteiger partial charge in [-0.25, -0.2) is 9.36 Å². The van der Waals surface area contributed by atoms with Gasteiger partial charge >= 0.3 is 0 Å². The predicted molar refractivity (Wildman–Crippen MR) is 114 cm³/mol. The van der Waals surface area contributed by atoms with Crippen molar-refractivity contribution < 1.29 is 9.59 Å². The molecule has 156 valence electrons. The van der Waals surface area contributed by atoms with Crippen LogP contribution in [0.5, 0.6) is 0 Å². The quantitative estimate of drug-likeness (QED) is 0.454. The Balaban J connectivity index is 1.39. The fourth-order valence-electron chi connectivity index (χ4n) is 3.34. The van der Waals surface area contributed by atoms with Crippen molar-refractivity contribution in [3.8, 4) is 5.95 Å². The van der Waals surface area contributed by atoms with Gasteiger partial charge in [-0.05, 0) is 44.5 Å². The summed E-state index contributed by atoms with van der Waals surface area (Å²) in [4.78, 5) is 26.1. The lowest BCUT2D eigenvalue weighted by molar-refractivity contribution is -0.117. The van der Waals surface area contributed by atoms with Crippen molar-refractivity contribution >= 4 is 35.0 Å². The number of hydrogen-bond donors (Lipinski definition) is 2. The molecule has 0 radical (unpaired) electrons. The molecule has 0 unspecified atom stereocenters. The van der Waals surface area contributed by atoms with Gasteiger partial charge in [-0.15, -0.1) is 10.2 Å². The zero-order valence-corrected chi connectivity index (χ0v) is 17.5. The van der Waals surface area contributed by atoms with Crippen LogP contribution in [0, 0.1) is 13.8 Å². The number of nitrogens with two attached hydrogens (primary N) is 1. The van der Waals surface area contributed by atoms with Gasteiger partial charge in [0, 0.05) is 30.0 Å². The molecule has 2 amide bonds. The van der Waals surface area contributed by atoms with Crippen LogP contribution >= 0.6 is 11.8 Å². The van der Waals surface area contributed by atoms with Crippen LogP contribution in [-0.2, 0) is 9.59 Å². The first-order chi connectivity index (χ1) is 14.4. The Morgan fingerprint density at radius 3 is 2.80 bits per heavy atom. The van der Waals surface area contributed by atoms with E-state index in [2.05, 4.69) is 20.6 Å². The lowest BCUT2D eigenvalue weighted by atomic mass is 10.2. The topological polar surface area (TPSA) is 124 Å². The van der Waals surface area contributed by atoms with Crippen molar-refractivity contribution in [3.63, 3.8) is 0 Å². The Hall–Kier alpha value is -3.34. The summed E-state index contributed by atoms with van der Waals surface area (Å²) in [5.74, 6) is 6.49. The van der Waals surface area contributed by atoms with E-state index in [1.54, 1.807) is 21.7 Å². The van der Waals surface area contributed by atoms with Gasteiger partial charge in [0.15, 0.2) is 0 Å². The van der Waals surface area contributed by atoms with Gasteiger partial charge in [-0.3, -0.25) is 9.59 Å². The van der Waals surface area contributed by atoms with Gasteiger partial charge in [-0.1, -0.05) is 17.8 Å². The Labute approximate surface area is 177 Å². The molecule has 1 aromatic carbocycles. The van der Waals surface area contributed by atoms with Crippen LogP contribution in [0.25, 0.3) is 5.95 Å². The van der Waals surface area contributed by atoms with E-state index in [1.807, 2.05) is 32.0 Å². The summed E-state index contributed by atoms with van der Waals surface area (Å²) in [5.41, 5.74) is 3.16. The van der Waals surface area contributed by atoms with E-state index in [9.17, 15) is 9.59 Å². The maximum atomic E-state index is 12.4. The van der Waals surface area contributed by atoms with E-state index in [-0.39, 0.29) is 17.6 Å². The fourth-order valence-corrected chi connectivity index (χ4v) is 4.00. The molecule has 10 nitrogen and oxygen atoms in total. The molecule has 0 saturated carbocycles. The van der Waals surface area contributed by atoms with Crippen LogP contribution in [0.4, 0.5) is 11.4 Å². The zero-order chi connectivity index (χ0) is 21.3. The monoisotopic (exact) mass is 426 g/mol. The highest BCUT2D eigenvalue weighted by molar-refractivity contribution is 7.99. The summed E-state index contributed by atoms with van der Waals surface area (Å²) < 4.78 is 2.93. The average Bonchev–Trinajstić information content (AvgIpc) is 3.39. The van der Waals surface area contributed by atoms with Gasteiger partial charge in [0.1, 0.15) is 0 Å². The first kappa shape index (κ1) is 20.0. The summed E-state index contributed by atoms with van der Waals surface area (Å²) in [6, 6.07) is 9.20.